The first-order chi connectivity index (χ1) is 8.84. The van der Waals surface area contributed by atoms with E-state index in [1.54, 1.807) is 6.33 Å². The van der Waals surface area contributed by atoms with E-state index in [-0.39, 0.29) is 5.78 Å². The highest BCUT2D eigenvalue weighted by atomic mass is 16.1. The van der Waals surface area contributed by atoms with Gasteiger partial charge in [-0.2, -0.15) is 0 Å². The first-order valence-corrected chi connectivity index (χ1v) is 6.47. The fraction of sp³-hybridized carbons (Fsp3) is 0.333. The number of fused-ring (bicyclic) bond motifs is 1. The van der Waals surface area contributed by atoms with Gasteiger partial charge in [0.15, 0.2) is 5.78 Å². The summed E-state index contributed by atoms with van der Waals surface area (Å²) in [5.41, 5.74) is 2.98. The molecule has 1 aliphatic rings. The van der Waals surface area contributed by atoms with Gasteiger partial charge in [0.25, 0.3) is 0 Å². The van der Waals surface area contributed by atoms with Crippen LogP contribution in [0.1, 0.15) is 25.7 Å². The Labute approximate surface area is 106 Å². The predicted octanol–water partition coefficient (Wildman–Crippen LogP) is 3.11. The number of Topliss-reactive ketones (excluding diaryl/α,β-unsaturated/α-hetero) is 1. The molecule has 2 aromatic rings. The zero-order valence-corrected chi connectivity index (χ0v) is 10.3. The average Bonchev–Trinajstić information content (AvgIpc) is 2.83. The molecule has 1 aliphatic carbocycles. The first kappa shape index (κ1) is 11.2. The predicted molar refractivity (Wildman–Crippen MR) is 71.3 cm³/mol. The number of aromatic nitrogens is 2. The van der Waals surface area contributed by atoms with Gasteiger partial charge in [0.1, 0.15) is 0 Å². The number of benzene rings is 1. The minimum absolute atomic E-state index is 0.234. The van der Waals surface area contributed by atoms with Gasteiger partial charge in [0.2, 0.25) is 0 Å². The fourth-order valence-electron chi connectivity index (χ4n) is 2.48. The molecule has 0 amide bonds. The summed E-state index contributed by atoms with van der Waals surface area (Å²) in [5.74, 6) is 0.234. The van der Waals surface area contributed by atoms with Crippen LogP contribution in [0.4, 0.5) is 0 Å². The second kappa shape index (κ2) is 4.77. The third kappa shape index (κ3) is 2.08. The van der Waals surface area contributed by atoms with Crippen molar-refractivity contribution < 1.29 is 4.79 Å². The summed E-state index contributed by atoms with van der Waals surface area (Å²) >= 11 is 0. The standard InChI is InChI=1S/C15H16N2O/c18-15(12-6-2-1-3-7-12)10-17-11-16-13-8-4-5-9-14(13)17/h4-6,8-9,11H,1-3,7,10H2. The van der Waals surface area contributed by atoms with Crippen molar-refractivity contribution in [3.05, 3.63) is 42.2 Å². The summed E-state index contributed by atoms with van der Waals surface area (Å²) in [6.07, 6.45) is 8.20. The van der Waals surface area contributed by atoms with E-state index in [0.717, 1.165) is 35.9 Å². The lowest BCUT2D eigenvalue weighted by Gasteiger charge is -2.12. The van der Waals surface area contributed by atoms with Crippen LogP contribution in [-0.4, -0.2) is 15.3 Å². The first-order valence-electron chi connectivity index (χ1n) is 6.47. The molecular formula is C15H16N2O. The van der Waals surface area contributed by atoms with E-state index in [2.05, 4.69) is 11.1 Å². The van der Waals surface area contributed by atoms with Crippen molar-refractivity contribution in [2.75, 3.05) is 0 Å². The number of allylic oxidation sites excluding steroid dienone is 2. The number of imidazole rings is 1. The van der Waals surface area contributed by atoms with Crippen molar-refractivity contribution in [1.82, 2.24) is 9.55 Å². The Morgan fingerprint density at radius 1 is 1.28 bits per heavy atom. The molecule has 0 atom stereocenters. The summed E-state index contributed by atoms with van der Waals surface area (Å²) < 4.78 is 1.94. The summed E-state index contributed by atoms with van der Waals surface area (Å²) in [6, 6.07) is 7.91. The van der Waals surface area contributed by atoms with Crippen LogP contribution >= 0.6 is 0 Å². The average molecular weight is 240 g/mol. The summed E-state index contributed by atoms with van der Waals surface area (Å²) in [5, 5.41) is 0. The van der Waals surface area contributed by atoms with Gasteiger partial charge >= 0.3 is 0 Å². The number of ketones is 1. The minimum Gasteiger partial charge on any atom is -0.323 e. The van der Waals surface area contributed by atoms with Crippen molar-refractivity contribution >= 4 is 16.8 Å². The molecule has 0 spiro atoms. The zero-order chi connectivity index (χ0) is 12.4. The van der Waals surface area contributed by atoms with Gasteiger partial charge in [0, 0.05) is 0 Å². The quantitative estimate of drug-likeness (QED) is 0.826. The molecular weight excluding hydrogens is 224 g/mol. The summed E-state index contributed by atoms with van der Waals surface area (Å²) in [7, 11) is 0. The van der Waals surface area contributed by atoms with Crippen molar-refractivity contribution in [2.24, 2.45) is 0 Å². The highest BCUT2D eigenvalue weighted by Crippen LogP contribution is 2.19. The Morgan fingerprint density at radius 3 is 3.00 bits per heavy atom. The number of nitrogens with zero attached hydrogens (tertiary/aromatic N) is 2. The van der Waals surface area contributed by atoms with Gasteiger partial charge < -0.3 is 4.57 Å². The monoisotopic (exact) mass is 240 g/mol. The second-order valence-electron chi connectivity index (χ2n) is 4.76. The van der Waals surface area contributed by atoms with Gasteiger partial charge in [-0.3, -0.25) is 4.79 Å². The van der Waals surface area contributed by atoms with Crippen LogP contribution in [0.2, 0.25) is 0 Å². The van der Waals surface area contributed by atoms with Crippen molar-refractivity contribution in [3.63, 3.8) is 0 Å². The lowest BCUT2D eigenvalue weighted by molar-refractivity contribution is -0.116. The highest BCUT2D eigenvalue weighted by Gasteiger charge is 2.13. The van der Waals surface area contributed by atoms with Crippen molar-refractivity contribution in [3.8, 4) is 0 Å². The van der Waals surface area contributed by atoms with E-state index >= 15 is 0 Å². The topological polar surface area (TPSA) is 34.9 Å². The number of para-hydroxylation sites is 2. The molecule has 18 heavy (non-hydrogen) atoms. The van der Waals surface area contributed by atoms with Gasteiger partial charge in [-0.25, -0.2) is 4.98 Å². The largest absolute Gasteiger partial charge is 0.323 e. The van der Waals surface area contributed by atoms with Crippen LogP contribution in [0.3, 0.4) is 0 Å². The third-order valence-corrected chi connectivity index (χ3v) is 3.49. The van der Waals surface area contributed by atoms with E-state index in [1.165, 1.54) is 6.42 Å². The van der Waals surface area contributed by atoms with Crippen molar-refractivity contribution in [2.45, 2.75) is 32.2 Å². The zero-order valence-electron chi connectivity index (χ0n) is 10.3. The molecule has 0 bridgehead atoms. The molecule has 3 heteroatoms. The molecule has 3 rings (SSSR count). The lowest BCUT2D eigenvalue weighted by Crippen LogP contribution is -2.13. The van der Waals surface area contributed by atoms with Crippen LogP contribution < -0.4 is 0 Å². The molecule has 0 aliphatic heterocycles. The molecule has 3 nitrogen and oxygen atoms in total. The molecule has 0 saturated heterocycles. The van der Waals surface area contributed by atoms with Crippen LogP contribution in [0.25, 0.3) is 11.0 Å². The summed E-state index contributed by atoms with van der Waals surface area (Å²) in [4.78, 5) is 16.5. The molecule has 92 valence electrons. The number of hydrogen-bond acceptors (Lipinski definition) is 2. The van der Waals surface area contributed by atoms with Gasteiger partial charge in [-0.05, 0) is 43.4 Å². The Bertz CT molecular complexity index is 610. The number of carbonyl (C=O) groups is 1. The highest BCUT2D eigenvalue weighted by molar-refractivity contribution is 5.96. The van der Waals surface area contributed by atoms with Crippen LogP contribution in [0.15, 0.2) is 42.2 Å². The Kier molecular flexibility index (Phi) is 2.97. The molecule has 1 heterocycles. The number of carbonyl (C=O) groups excluding carboxylic acids is 1. The Morgan fingerprint density at radius 2 is 2.17 bits per heavy atom. The van der Waals surface area contributed by atoms with Crippen LogP contribution in [0, 0.1) is 0 Å². The van der Waals surface area contributed by atoms with Gasteiger partial charge in [-0.15, -0.1) is 0 Å². The smallest absolute Gasteiger partial charge is 0.178 e. The molecule has 0 saturated carbocycles. The van der Waals surface area contributed by atoms with Gasteiger partial charge in [-0.1, -0.05) is 18.2 Å². The molecule has 0 fully saturated rings. The van der Waals surface area contributed by atoms with Crippen LogP contribution in [0.5, 0.6) is 0 Å². The molecule has 0 unspecified atom stereocenters. The molecule has 1 aromatic heterocycles. The number of hydrogen-bond donors (Lipinski definition) is 0. The normalized spacial score (nSPS) is 15.7. The lowest BCUT2D eigenvalue weighted by atomic mass is 9.96. The summed E-state index contributed by atoms with van der Waals surface area (Å²) in [6.45, 7) is 0.409. The van der Waals surface area contributed by atoms with Crippen LogP contribution in [-0.2, 0) is 11.3 Å². The molecule has 1 aromatic carbocycles. The third-order valence-electron chi connectivity index (χ3n) is 3.49. The fourth-order valence-corrected chi connectivity index (χ4v) is 2.48. The maximum absolute atomic E-state index is 12.2. The second-order valence-corrected chi connectivity index (χ2v) is 4.76. The maximum Gasteiger partial charge on any atom is 0.178 e. The minimum atomic E-state index is 0.234. The van der Waals surface area contributed by atoms with E-state index < -0.39 is 0 Å². The van der Waals surface area contributed by atoms with Crippen molar-refractivity contribution in [1.29, 1.82) is 0 Å². The molecule has 0 radical (unpaired) electrons. The maximum atomic E-state index is 12.2. The molecule has 0 N–H and O–H groups in total. The Hall–Kier alpha value is -1.90. The van der Waals surface area contributed by atoms with E-state index in [9.17, 15) is 4.79 Å². The van der Waals surface area contributed by atoms with E-state index in [4.69, 9.17) is 0 Å². The van der Waals surface area contributed by atoms with E-state index in [1.807, 2.05) is 28.8 Å². The van der Waals surface area contributed by atoms with E-state index in [0.29, 0.717) is 6.54 Å². The van der Waals surface area contributed by atoms with Gasteiger partial charge in [0.05, 0.1) is 23.9 Å². The SMILES string of the molecule is O=C(Cn1cnc2ccccc21)C1=CCCCC1. The Balaban J connectivity index is 1.84. The number of rotatable bonds is 3.